The number of rotatable bonds is 6. The number of carbonyl (C=O) groups is 1. The van der Waals surface area contributed by atoms with Gasteiger partial charge in [0.15, 0.2) is 0 Å². The molecule has 5 heteroatoms. The van der Waals surface area contributed by atoms with Crippen LogP contribution in [0.3, 0.4) is 0 Å². The van der Waals surface area contributed by atoms with Crippen LogP contribution in [0.5, 0.6) is 5.75 Å². The highest BCUT2D eigenvalue weighted by Crippen LogP contribution is 2.32. The third-order valence-electron chi connectivity index (χ3n) is 3.92. The fourth-order valence-electron chi connectivity index (χ4n) is 2.67. The highest BCUT2D eigenvalue weighted by molar-refractivity contribution is 5.80. The maximum atomic E-state index is 11.7. The normalized spacial score (nSPS) is 24.8. The van der Waals surface area contributed by atoms with E-state index in [1.807, 2.05) is 24.3 Å². The predicted octanol–water partition coefficient (Wildman–Crippen LogP) is 1.68. The summed E-state index contributed by atoms with van der Waals surface area (Å²) >= 11 is 0. The quantitative estimate of drug-likeness (QED) is 0.808. The summed E-state index contributed by atoms with van der Waals surface area (Å²) in [6, 6.07) is 7.94. The van der Waals surface area contributed by atoms with Crippen LogP contribution in [0.1, 0.15) is 24.8 Å². The molecule has 0 bridgehead atoms. The van der Waals surface area contributed by atoms with Crippen molar-refractivity contribution in [3.8, 4) is 5.75 Å². The molecule has 2 unspecified atom stereocenters. The van der Waals surface area contributed by atoms with Crippen molar-refractivity contribution >= 4 is 5.97 Å². The zero-order chi connectivity index (χ0) is 15.3. The molecule has 0 radical (unpaired) electrons. The number of hydrogen-bond donors (Lipinski definition) is 1. The largest absolute Gasteiger partial charge is 0.490 e. The van der Waals surface area contributed by atoms with Crippen molar-refractivity contribution in [2.24, 2.45) is 5.73 Å². The van der Waals surface area contributed by atoms with Crippen molar-refractivity contribution in [2.75, 3.05) is 20.8 Å². The molecule has 0 amide bonds. The summed E-state index contributed by atoms with van der Waals surface area (Å²) in [6.07, 6.45) is 2.69. The monoisotopic (exact) mass is 293 g/mol. The second-order valence-corrected chi connectivity index (χ2v) is 5.52. The molecule has 116 valence electrons. The van der Waals surface area contributed by atoms with Crippen LogP contribution in [0.25, 0.3) is 0 Å². The van der Waals surface area contributed by atoms with Gasteiger partial charge in [0.1, 0.15) is 17.4 Å². The molecular formula is C16H23NO4. The van der Waals surface area contributed by atoms with E-state index >= 15 is 0 Å². The number of nitrogens with two attached hydrogens (primary N) is 1. The molecule has 5 nitrogen and oxygen atoms in total. The van der Waals surface area contributed by atoms with Gasteiger partial charge in [-0.2, -0.15) is 0 Å². The SMILES string of the molecule is COCCc1ccc(OC2CCC(N)(C(=O)OC)C2)cc1. The second kappa shape index (κ2) is 6.91. The van der Waals surface area contributed by atoms with E-state index < -0.39 is 5.54 Å². The molecule has 1 aliphatic rings. The Morgan fingerprint density at radius 3 is 2.67 bits per heavy atom. The Labute approximate surface area is 125 Å². The molecular weight excluding hydrogens is 270 g/mol. The minimum Gasteiger partial charge on any atom is -0.490 e. The third kappa shape index (κ3) is 3.95. The lowest BCUT2D eigenvalue weighted by Crippen LogP contribution is -2.47. The summed E-state index contributed by atoms with van der Waals surface area (Å²) in [4.78, 5) is 11.7. The Bertz CT molecular complexity index is 474. The molecule has 0 saturated heterocycles. The Morgan fingerprint density at radius 2 is 2.05 bits per heavy atom. The van der Waals surface area contributed by atoms with Gasteiger partial charge in [-0.3, -0.25) is 4.79 Å². The Kier molecular flexibility index (Phi) is 5.20. The van der Waals surface area contributed by atoms with Crippen molar-refractivity contribution in [1.82, 2.24) is 0 Å². The van der Waals surface area contributed by atoms with Gasteiger partial charge in [-0.1, -0.05) is 12.1 Å². The summed E-state index contributed by atoms with van der Waals surface area (Å²) in [6.45, 7) is 0.706. The van der Waals surface area contributed by atoms with Gasteiger partial charge < -0.3 is 19.9 Å². The zero-order valence-corrected chi connectivity index (χ0v) is 12.6. The van der Waals surface area contributed by atoms with Gasteiger partial charge in [0, 0.05) is 13.5 Å². The summed E-state index contributed by atoms with van der Waals surface area (Å²) in [5.41, 5.74) is 6.37. The van der Waals surface area contributed by atoms with Gasteiger partial charge in [0.25, 0.3) is 0 Å². The Hall–Kier alpha value is -1.59. The molecule has 1 fully saturated rings. The summed E-state index contributed by atoms with van der Waals surface area (Å²) in [5.74, 6) is 0.443. The fourth-order valence-corrected chi connectivity index (χ4v) is 2.67. The lowest BCUT2D eigenvalue weighted by Gasteiger charge is -2.21. The molecule has 0 heterocycles. The topological polar surface area (TPSA) is 70.8 Å². The third-order valence-corrected chi connectivity index (χ3v) is 3.92. The van der Waals surface area contributed by atoms with Gasteiger partial charge in [0.2, 0.25) is 0 Å². The maximum Gasteiger partial charge on any atom is 0.325 e. The van der Waals surface area contributed by atoms with Crippen LogP contribution in [-0.4, -0.2) is 38.4 Å². The van der Waals surface area contributed by atoms with E-state index in [0.29, 0.717) is 19.4 Å². The number of hydrogen-bond acceptors (Lipinski definition) is 5. The minimum atomic E-state index is -0.905. The Balaban J connectivity index is 1.90. The molecule has 1 aliphatic carbocycles. The van der Waals surface area contributed by atoms with Crippen molar-refractivity contribution in [1.29, 1.82) is 0 Å². The van der Waals surface area contributed by atoms with Crippen LogP contribution in [0.2, 0.25) is 0 Å². The Morgan fingerprint density at radius 1 is 1.33 bits per heavy atom. The van der Waals surface area contributed by atoms with Crippen LogP contribution in [-0.2, 0) is 20.7 Å². The van der Waals surface area contributed by atoms with Crippen LogP contribution in [0, 0.1) is 0 Å². The molecule has 1 aromatic carbocycles. The number of carbonyl (C=O) groups excluding carboxylic acids is 1. The molecule has 2 N–H and O–H groups in total. The second-order valence-electron chi connectivity index (χ2n) is 5.52. The molecule has 1 aromatic rings. The van der Waals surface area contributed by atoms with E-state index in [2.05, 4.69) is 0 Å². The van der Waals surface area contributed by atoms with Crippen molar-refractivity contribution in [3.63, 3.8) is 0 Å². The van der Waals surface area contributed by atoms with Gasteiger partial charge in [-0.15, -0.1) is 0 Å². The smallest absolute Gasteiger partial charge is 0.325 e. The van der Waals surface area contributed by atoms with E-state index in [-0.39, 0.29) is 12.1 Å². The number of ether oxygens (including phenoxy) is 3. The maximum absolute atomic E-state index is 11.7. The molecule has 1 saturated carbocycles. The van der Waals surface area contributed by atoms with Crippen molar-refractivity contribution < 1.29 is 19.0 Å². The minimum absolute atomic E-state index is 0.0427. The summed E-state index contributed by atoms with van der Waals surface area (Å²) < 4.78 is 15.7. The van der Waals surface area contributed by atoms with Crippen LogP contribution >= 0.6 is 0 Å². The lowest BCUT2D eigenvalue weighted by atomic mass is 10.00. The number of benzene rings is 1. The van der Waals surface area contributed by atoms with Crippen LogP contribution in [0.4, 0.5) is 0 Å². The zero-order valence-electron chi connectivity index (χ0n) is 12.6. The van der Waals surface area contributed by atoms with E-state index in [4.69, 9.17) is 19.9 Å². The first-order chi connectivity index (χ1) is 10.1. The van der Waals surface area contributed by atoms with Crippen LogP contribution in [0.15, 0.2) is 24.3 Å². The van der Waals surface area contributed by atoms with E-state index in [1.165, 1.54) is 12.7 Å². The van der Waals surface area contributed by atoms with E-state index in [0.717, 1.165) is 18.6 Å². The summed E-state index contributed by atoms with van der Waals surface area (Å²) in [5, 5.41) is 0. The van der Waals surface area contributed by atoms with Gasteiger partial charge in [0.05, 0.1) is 13.7 Å². The first-order valence-corrected chi connectivity index (χ1v) is 7.19. The highest BCUT2D eigenvalue weighted by Gasteiger charge is 2.44. The van der Waals surface area contributed by atoms with Gasteiger partial charge >= 0.3 is 5.97 Å². The molecule has 21 heavy (non-hydrogen) atoms. The molecule has 2 atom stereocenters. The predicted molar refractivity (Wildman–Crippen MR) is 79.2 cm³/mol. The molecule has 0 spiro atoms. The number of esters is 1. The first kappa shape index (κ1) is 15.8. The molecule has 2 rings (SSSR count). The lowest BCUT2D eigenvalue weighted by molar-refractivity contribution is -0.147. The van der Waals surface area contributed by atoms with Crippen molar-refractivity contribution in [3.05, 3.63) is 29.8 Å². The number of methoxy groups -OCH3 is 2. The van der Waals surface area contributed by atoms with Gasteiger partial charge in [-0.05, 0) is 37.0 Å². The average Bonchev–Trinajstić information content (AvgIpc) is 2.88. The fraction of sp³-hybridized carbons (Fsp3) is 0.562. The molecule has 0 aromatic heterocycles. The highest BCUT2D eigenvalue weighted by atomic mass is 16.5. The van der Waals surface area contributed by atoms with Gasteiger partial charge in [-0.25, -0.2) is 0 Å². The van der Waals surface area contributed by atoms with E-state index in [1.54, 1.807) is 7.11 Å². The first-order valence-electron chi connectivity index (χ1n) is 7.19. The van der Waals surface area contributed by atoms with Crippen LogP contribution < -0.4 is 10.5 Å². The molecule has 0 aliphatic heterocycles. The van der Waals surface area contributed by atoms with Crippen molar-refractivity contribution in [2.45, 2.75) is 37.3 Å². The van der Waals surface area contributed by atoms with E-state index in [9.17, 15) is 4.79 Å². The standard InChI is InChI=1S/C16H23NO4/c1-19-10-8-12-3-5-13(6-4-12)21-14-7-9-16(17,11-14)15(18)20-2/h3-6,14H,7-11,17H2,1-2H3. The summed E-state index contributed by atoms with van der Waals surface area (Å²) in [7, 11) is 3.06. The average molecular weight is 293 g/mol.